The third-order valence-electron chi connectivity index (χ3n) is 0.711. The van der Waals surface area contributed by atoms with E-state index >= 15 is 0 Å². The Balaban J connectivity index is -0.000000320. The molecule has 0 amide bonds. The molecule has 4 heteroatoms. The van der Waals surface area contributed by atoms with Crippen LogP contribution in [0.15, 0.2) is 12.7 Å². The van der Waals surface area contributed by atoms with E-state index in [0.717, 1.165) is 0 Å². The van der Waals surface area contributed by atoms with Gasteiger partial charge < -0.3 is 11.9 Å². The van der Waals surface area contributed by atoms with E-state index in [-0.39, 0.29) is 50.0 Å². The van der Waals surface area contributed by atoms with E-state index in [4.69, 9.17) is 5.73 Å². The van der Waals surface area contributed by atoms with Crippen molar-refractivity contribution in [3.8, 4) is 0 Å². The fraction of sp³-hybridized carbons (Fsp3) is 0.500. The average Bonchev–Trinajstić information content (AvgIpc) is 1.85. The molecule has 0 heterocycles. The molecule has 10 heavy (non-hydrogen) atoms. The second kappa shape index (κ2) is 9.17. The van der Waals surface area contributed by atoms with E-state index < -0.39 is 0 Å². The van der Waals surface area contributed by atoms with Gasteiger partial charge in [-0.05, 0) is 0 Å². The molecule has 0 fully saturated rings. The molecule has 0 bridgehead atoms. The van der Waals surface area contributed by atoms with E-state index in [9.17, 15) is 4.79 Å². The summed E-state index contributed by atoms with van der Waals surface area (Å²) >= 11 is 0. The molecule has 0 aliphatic heterocycles. The Morgan fingerprint density at radius 3 is 2.80 bits per heavy atom. The van der Waals surface area contributed by atoms with Crippen LogP contribution in [-0.4, -0.2) is 19.1 Å². The summed E-state index contributed by atoms with van der Waals surface area (Å²) in [4.78, 5) is 10.5. The molecule has 54 valence electrons. The van der Waals surface area contributed by atoms with Crippen LogP contribution in [0, 0.1) is 0 Å². The summed E-state index contributed by atoms with van der Waals surface area (Å²) in [7, 11) is 0. The number of carbonyl (C=O) groups is 1. The van der Waals surface area contributed by atoms with Gasteiger partial charge in [-0.3, -0.25) is 4.79 Å². The maximum absolute atomic E-state index is 10.5. The number of ether oxygens (including phenoxy) is 1. The molecule has 0 atom stereocenters. The molecule has 0 spiro atoms. The first-order valence-electron chi connectivity index (χ1n) is 2.78. The first kappa shape index (κ1) is 12.8. The van der Waals surface area contributed by atoms with Crippen molar-refractivity contribution in [1.82, 2.24) is 0 Å². The van der Waals surface area contributed by atoms with E-state index in [0.29, 0.717) is 6.54 Å². The zero-order valence-electron chi connectivity index (χ0n) is 7.30. The second-order valence-corrected chi connectivity index (χ2v) is 1.51. The molecule has 0 aromatic rings. The predicted octanol–water partition coefficient (Wildman–Crippen LogP) is -2.82. The Kier molecular flexibility index (Phi) is 11.7. The Morgan fingerprint density at radius 2 is 2.40 bits per heavy atom. The van der Waals surface area contributed by atoms with Crippen molar-refractivity contribution < 1.29 is 40.5 Å². The van der Waals surface area contributed by atoms with Crippen molar-refractivity contribution >= 4 is 5.97 Å². The van der Waals surface area contributed by atoms with E-state index in [1.807, 2.05) is 0 Å². The number of carbonyl (C=O) groups excluding carboxylic acids is 1. The van der Waals surface area contributed by atoms with Crippen LogP contribution in [0.25, 0.3) is 0 Å². The van der Waals surface area contributed by atoms with Crippen LogP contribution in [0.3, 0.4) is 0 Å². The second-order valence-electron chi connectivity index (χ2n) is 1.51. The summed E-state index contributed by atoms with van der Waals surface area (Å²) in [5.41, 5.74) is 5.07. The number of rotatable bonds is 4. The molecule has 0 saturated heterocycles. The van der Waals surface area contributed by atoms with Crippen LogP contribution in [0.5, 0.6) is 0 Å². The molecule has 0 saturated carbocycles. The van der Waals surface area contributed by atoms with Crippen molar-refractivity contribution in [2.45, 2.75) is 6.42 Å². The molecule has 0 aliphatic carbocycles. The zero-order valence-corrected chi connectivity index (χ0v) is 8.30. The summed E-state index contributed by atoms with van der Waals surface area (Å²) in [6.45, 7) is 4.00. The van der Waals surface area contributed by atoms with Gasteiger partial charge in [-0.1, -0.05) is 12.7 Å². The van der Waals surface area contributed by atoms with Crippen molar-refractivity contribution in [2.24, 2.45) is 5.73 Å². The van der Waals surface area contributed by atoms with Crippen LogP contribution in [0.2, 0.25) is 0 Å². The van der Waals surface area contributed by atoms with Gasteiger partial charge in [0.2, 0.25) is 0 Å². The Morgan fingerprint density at radius 1 is 1.80 bits per heavy atom. The maximum Gasteiger partial charge on any atom is 1.00 e. The summed E-state index contributed by atoms with van der Waals surface area (Å²) in [6.07, 6.45) is 1.81. The van der Waals surface area contributed by atoms with Gasteiger partial charge in [0.05, 0.1) is 6.42 Å². The summed E-state index contributed by atoms with van der Waals surface area (Å²) in [5, 5.41) is 0. The van der Waals surface area contributed by atoms with Gasteiger partial charge in [0, 0.05) is 6.54 Å². The molecule has 0 rings (SSSR count). The van der Waals surface area contributed by atoms with Crippen molar-refractivity contribution in [3.05, 3.63) is 12.7 Å². The third kappa shape index (κ3) is 8.17. The summed E-state index contributed by atoms with van der Waals surface area (Å²) in [6, 6.07) is 0. The molecule has 0 aromatic carbocycles. The largest absolute Gasteiger partial charge is 1.00 e. The fourth-order valence-electron chi connectivity index (χ4n) is 0.342. The van der Waals surface area contributed by atoms with Gasteiger partial charge in [-0.2, -0.15) is 0 Å². The van der Waals surface area contributed by atoms with Crippen LogP contribution < -0.4 is 35.3 Å². The topological polar surface area (TPSA) is 52.3 Å². The van der Waals surface area contributed by atoms with Crippen molar-refractivity contribution in [3.63, 3.8) is 0 Å². The third-order valence-corrected chi connectivity index (χ3v) is 0.711. The summed E-state index contributed by atoms with van der Waals surface area (Å²) in [5.74, 6) is -0.266. The first-order valence-corrected chi connectivity index (χ1v) is 2.78. The molecule has 0 aromatic heterocycles. The monoisotopic (exact) mass is 153 g/mol. The molecule has 0 unspecified atom stereocenters. The normalized spacial score (nSPS) is 7.70. The fourth-order valence-corrected chi connectivity index (χ4v) is 0.342. The van der Waals surface area contributed by atoms with E-state index in [1.165, 1.54) is 6.08 Å². The van der Waals surface area contributed by atoms with Crippen molar-refractivity contribution in [1.29, 1.82) is 0 Å². The Labute approximate surface area is 84.4 Å². The van der Waals surface area contributed by atoms with Crippen LogP contribution in [0.1, 0.15) is 7.85 Å². The van der Waals surface area contributed by atoms with E-state index in [2.05, 4.69) is 11.3 Å². The molecular formula is C6H12NNaO2. The Hall–Kier alpha value is 0.170. The average molecular weight is 153 g/mol. The maximum atomic E-state index is 10.5. The first-order chi connectivity index (χ1) is 4.31. The SMILES string of the molecule is C=CCOC(=O)CCN.[H-].[Na+]. The smallest absolute Gasteiger partial charge is 1.00 e. The van der Waals surface area contributed by atoms with Gasteiger partial charge in [0.25, 0.3) is 0 Å². The Bertz CT molecular complexity index is 111. The molecular weight excluding hydrogens is 141 g/mol. The minimum absolute atomic E-state index is 0. The van der Waals surface area contributed by atoms with Gasteiger partial charge >= 0.3 is 35.5 Å². The predicted molar refractivity (Wildman–Crippen MR) is 35.9 cm³/mol. The number of hydrogen-bond donors (Lipinski definition) is 1. The number of esters is 1. The van der Waals surface area contributed by atoms with E-state index in [1.54, 1.807) is 0 Å². The standard InChI is InChI=1S/C6H11NO2.Na.H/c1-2-5-9-6(8)3-4-7;;/h2H,1,3-5,7H2;;/q;+1;-1. The zero-order chi connectivity index (χ0) is 7.11. The quantitative estimate of drug-likeness (QED) is 0.269. The van der Waals surface area contributed by atoms with Gasteiger partial charge in [-0.25, -0.2) is 0 Å². The van der Waals surface area contributed by atoms with Crippen LogP contribution in [-0.2, 0) is 9.53 Å². The van der Waals surface area contributed by atoms with Gasteiger partial charge in [-0.15, -0.1) is 0 Å². The minimum atomic E-state index is -0.266. The minimum Gasteiger partial charge on any atom is -1.00 e. The summed E-state index contributed by atoms with van der Waals surface area (Å²) < 4.78 is 4.59. The van der Waals surface area contributed by atoms with Crippen LogP contribution in [0.4, 0.5) is 0 Å². The van der Waals surface area contributed by atoms with Gasteiger partial charge in [0.15, 0.2) is 0 Å². The molecule has 0 radical (unpaired) electrons. The number of nitrogens with two attached hydrogens (primary N) is 1. The molecule has 2 N–H and O–H groups in total. The van der Waals surface area contributed by atoms with Gasteiger partial charge in [0.1, 0.15) is 6.61 Å². The molecule has 0 aliphatic rings. The number of hydrogen-bond acceptors (Lipinski definition) is 3. The molecule has 3 nitrogen and oxygen atoms in total. The van der Waals surface area contributed by atoms with Crippen molar-refractivity contribution in [2.75, 3.05) is 13.2 Å². The van der Waals surface area contributed by atoms with Crippen LogP contribution >= 0.6 is 0 Å².